The van der Waals surface area contributed by atoms with Gasteiger partial charge in [0.2, 0.25) is 5.91 Å². The Morgan fingerprint density at radius 2 is 2.00 bits per heavy atom. The van der Waals surface area contributed by atoms with Crippen molar-refractivity contribution >= 4 is 27.5 Å². The first-order chi connectivity index (χ1) is 9.45. The van der Waals surface area contributed by atoms with Crippen LogP contribution in [0.2, 0.25) is 0 Å². The van der Waals surface area contributed by atoms with Gasteiger partial charge in [0.15, 0.2) is 0 Å². The molecule has 0 saturated carbocycles. The highest BCUT2D eigenvalue weighted by Gasteiger charge is 2.28. The van der Waals surface area contributed by atoms with Crippen LogP contribution in [0.25, 0.3) is 0 Å². The van der Waals surface area contributed by atoms with E-state index >= 15 is 0 Å². The second-order valence-corrected chi connectivity index (χ2v) is 6.99. The van der Waals surface area contributed by atoms with E-state index < -0.39 is 0 Å². The topological polar surface area (TPSA) is 32.3 Å². The number of amides is 1. The highest BCUT2D eigenvalue weighted by molar-refractivity contribution is 9.10. The fraction of sp³-hybridized carbons (Fsp3) is 0.562. The molecule has 1 aromatic rings. The SMILES string of the molecule is C[C@@H]1C[C@H](C)CN([C@@H](C)C(=O)Nc2cccc(Br)c2)C1. The maximum atomic E-state index is 12.4. The lowest BCUT2D eigenvalue weighted by Gasteiger charge is -2.38. The molecule has 1 aromatic carbocycles. The van der Waals surface area contributed by atoms with Crippen molar-refractivity contribution in [1.82, 2.24) is 4.90 Å². The first-order valence-electron chi connectivity index (χ1n) is 7.26. The Hall–Kier alpha value is -0.870. The number of anilines is 1. The van der Waals surface area contributed by atoms with Gasteiger partial charge in [-0.05, 0) is 43.4 Å². The summed E-state index contributed by atoms with van der Waals surface area (Å²) in [6.45, 7) is 8.55. The molecule has 1 amide bonds. The number of halogens is 1. The minimum absolute atomic E-state index is 0.0735. The zero-order valence-corrected chi connectivity index (χ0v) is 14.0. The number of nitrogens with one attached hydrogen (secondary N) is 1. The van der Waals surface area contributed by atoms with Crippen molar-refractivity contribution in [3.63, 3.8) is 0 Å². The predicted molar refractivity (Wildman–Crippen MR) is 86.8 cm³/mol. The van der Waals surface area contributed by atoms with E-state index in [4.69, 9.17) is 0 Å². The van der Waals surface area contributed by atoms with Crippen LogP contribution < -0.4 is 5.32 Å². The highest BCUT2D eigenvalue weighted by Crippen LogP contribution is 2.23. The van der Waals surface area contributed by atoms with Crippen LogP contribution in [-0.2, 0) is 4.79 Å². The van der Waals surface area contributed by atoms with Gasteiger partial charge in [0.25, 0.3) is 0 Å². The van der Waals surface area contributed by atoms with Gasteiger partial charge >= 0.3 is 0 Å². The highest BCUT2D eigenvalue weighted by atomic mass is 79.9. The minimum Gasteiger partial charge on any atom is -0.325 e. The number of carbonyl (C=O) groups is 1. The third-order valence-corrected chi connectivity index (χ3v) is 4.41. The van der Waals surface area contributed by atoms with Crippen molar-refractivity contribution in [3.05, 3.63) is 28.7 Å². The number of hydrogen-bond donors (Lipinski definition) is 1. The van der Waals surface area contributed by atoms with Gasteiger partial charge in [-0.15, -0.1) is 0 Å². The summed E-state index contributed by atoms with van der Waals surface area (Å²) in [6.07, 6.45) is 1.26. The zero-order chi connectivity index (χ0) is 14.7. The second kappa shape index (κ2) is 6.72. The summed E-state index contributed by atoms with van der Waals surface area (Å²) in [5.41, 5.74) is 0.842. The van der Waals surface area contributed by atoms with E-state index in [1.807, 2.05) is 31.2 Å². The quantitative estimate of drug-likeness (QED) is 0.910. The fourth-order valence-electron chi connectivity index (χ4n) is 3.01. The molecule has 0 aromatic heterocycles. The van der Waals surface area contributed by atoms with Crippen LogP contribution in [0.5, 0.6) is 0 Å². The Morgan fingerprint density at radius 1 is 1.35 bits per heavy atom. The van der Waals surface area contributed by atoms with Crippen molar-refractivity contribution in [2.24, 2.45) is 11.8 Å². The van der Waals surface area contributed by atoms with E-state index in [0.717, 1.165) is 23.2 Å². The summed E-state index contributed by atoms with van der Waals surface area (Å²) in [5.74, 6) is 1.41. The standard InChI is InChI=1S/C16H23BrN2O/c1-11-7-12(2)10-19(9-11)13(3)16(20)18-15-6-4-5-14(17)8-15/h4-6,8,11-13H,7,9-10H2,1-3H3,(H,18,20)/t11-,12+,13-/m0/s1. The number of carbonyl (C=O) groups excluding carboxylic acids is 1. The van der Waals surface area contributed by atoms with Gasteiger partial charge in [0, 0.05) is 23.2 Å². The van der Waals surface area contributed by atoms with Gasteiger partial charge < -0.3 is 5.32 Å². The summed E-state index contributed by atoms with van der Waals surface area (Å²) in [6, 6.07) is 7.63. The number of likely N-dealkylation sites (tertiary alicyclic amines) is 1. The van der Waals surface area contributed by atoms with Gasteiger partial charge in [-0.1, -0.05) is 35.8 Å². The molecule has 1 N–H and O–H groups in total. The maximum Gasteiger partial charge on any atom is 0.241 e. The van der Waals surface area contributed by atoms with Crippen LogP contribution in [0.3, 0.4) is 0 Å². The lowest BCUT2D eigenvalue weighted by molar-refractivity contribution is -0.121. The predicted octanol–water partition coefficient (Wildman–Crippen LogP) is 3.75. The summed E-state index contributed by atoms with van der Waals surface area (Å²) in [5, 5.41) is 3.00. The van der Waals surface area contributed by atoms with Crippen molar-refractivity contribution in [1.29, 1.82) is 0 Å². The molecule has 3 atom stereocenters. The molecule has 0 radical (unpaired) electrons. The zero-order valence-electron chi connectivity index (χ0n) is 12.4. The van der Waals surface area contributed by atoms with Gasteiger partial charge in [0.05, 0.1) is 6.04 Å². The Kier molecular flexibility index (Phi) is 5.22. The van der Waals surface area contributed by atoms with Crippen molar-refractivity contribution < 1.29 is 4.79 Å². The molecule has 1 heterocycles. The molecule has 2 rings (SSSR count). The normalized spacial score (nSPS) is 25.2. The number of piperidine rings is 1. The van der Waals surface area contributed by atoms with Crippen LogP contribution in [0.15, 0.2) is 28.7 Å². The molecule has 4 heteroatoms. The Bertz CT molecular complexity index is 467. The number of rotatable bonds is 3. The van der Waals surface area contributed by atoms with Crippen molar-refractivity contribution in [2.45, 2.75) is 33.2 Å². The Balaban J connectivity index is 1.98. The average Bonchev–Trinajstić information content (AvgIpc) is 2.36. The van der Waals surface area contributed by atoms with Gasteiger partial charge in [-0.2, -0.15) is 0 Å². The van der Waals surface area contributed by atoms with Gasteiger partial charge in [-0.25, -0.2) is 0 Å². The van der Waals surface area contributed by atoms with E-state index in [1.165, 1.54) is 6.42 Å². The van der Waals surface area contributed by atoms with E-state index in [1.54, 1.807) is 0 Å². The van der Waals surface area contributed by atoms with Crippen LogP contribution in [-0.4, -0.2) is 29.9 Å². The largest absolute Gasteiger partial charge is 0.325 e. The first kappa shape index (κ1) is 15.5. The molecule has 3 nitrogen and oxygen atoms in total. The minimum atomic E-state index is -0.0841. The summed E-state index contributed by atoms with van der Waals surface area (Å²) in [7, 11) is 0. The molecule has 0 aliphatic carbocycles. The first-order valence-corrected chi connectivity index (χ1v) is 8.05. The van der Waals surface area contributed by atoms with E-state index in [0.29, 0.717) is 11.8 Å². The molecule has 0 spiro atoms. The fourth-order valence-corrected chi connectivity index (χ4v) is 3.41. The van der Waals surface area contributed by atoms with Crippen molar-refractivity contribution in [3.8, 4) is 0 Å². The van der Waals surface area contributed by atoms with Crippen LogP contribution in [0, 0.1) is 11.8 Å². The molecule has 0 unspecified atom stereocenters. The average molecular weight is 339 g/mol. The molecule has 20 heavy (non-hydrogen) atoms. The second-order valence-electron chi connectivity index (χ2n) is 6.08. The molecule has 1 aliphatic heterocycles. The van der Waals surface area contributed by atoms with E-state index in [9.17, 15) is 4.79 Å². The number of hydrogen-bond acceptors (Lipinski definition) is 2. The molecule has 0 bridgehead atoms. The smallest absolute Gasteiger partial charge is 0.241 e. The van der Waals surface area contributed by atoms with Crippen LogP contribution >= 0.6 is 15.9 Å². The molecule has 1 aliphatic rings. The number of benzene rings is 1. The monoisotopic (exact) mass is 338 g/mol. The molecule has 1 fully saturated rings. The van der Waals surface area contributed by atoms with E-state index in [2.05, 4.69) is 40.0 Å². The molecule has 110 valence electrons. The summed E-state index contributed by atoms with van der Waals surface area (Å²) in [4.78, 5) is 14.7. The maximum absolute atomic E-state index is 12.4. The molecular weight excluding hydrogens is 316 g/mol. The van der Waals surface area contributed by atoms with Crippen LogP contribution in [0.4, 0.5) is 5.69 Å². The van der Waals surface area contributed by atoms with E-state index in [-0.39, 0.29) is 11.9 Å². The lowest BCUT2D eigenvalue weighted by Crippen LogP contribution is -2.48. The van der Waals surface area contributed by atoms with Crippen LogP contribution in [0.1, 0.15) is 27.2 Å². The molecule has 1 saturated heterocycles. The Morgan fingerprint density at radius 3 is 2.60 bits per heavy atom. The summed E-state index contributed by atoms with van der Waals surface area (Å²) >= 11 is 3.42. The van der Waals surface area contributed by atoms with Crippen molar-refractivity contribution in [2.75, 3.05) is 18.4 Å². The lowest BCUT2D eigenvalue weighted by atomic mass is 9.91. The Labute approximate surface area is 129 Å². The van der Waals surface area contributed by atoms with Gasteiger partial charge in [-0.3, -0.25) is 9.69 Å². The third kappa shape index (κ3) is 4.06. The summed E-state index contributed by atoms with van der Waals surface area (Å²) < 4.78 is 0.975. The van der Waals surface area contributed by atoms with Gasteiger partial charge in [0.1, 0.15) is 0 Å². The third-order valence-electron chi connectivity index (χ3n) is 3.92. The molecular formula is C16H23BrN2O. The number of nitrogens with zero attached hydrogens (tertiary/aromatic N) is 1.